The molecule has 0 unspecified atom stereocenters. The zero-order valence-corrected chi connectivity index (χ0v) is 7.83. The molecule has 13 heavy (non-hydrogen) atoms. The number of carboxylic acids is 1. The lowest BCUT2D eigenvalue weighted by Gasteiger charge is -2.09. The molecule has 4 nitrogen and oxygen atoms in total. The Labute approximate surface area is 76.9 Å². The van der Waals surface area contributed by atoms with Gasteiger partial charge in [-0.1, -0.05) is 0 Å². The molecule has 0 aromatic rings. The number of hydrogen-bond acceptors (Lipinski definition) is 4. The molecule has 74 valence electrons. The molecule has 0 N–H and O–H groups in total. The largest absolute Gasteiger partial charge is 0.550 e. The molecule has 0 fully saturated rings. The molecule has 0 amide bonds. The third kappa shape index (κ3) is 5.11. The average molecular weight is 185 g/mol. The van der Waals surface area contributed by atoms with Gasteiger partial charge in [0.2, 0.25) is 0 Å². The Morgan fingerprint density at radius 1 is 1.15 bits per heavy atom. The van der Waals surface area contributed by atoms with Gasteiger partial charge in [-0.05, 0) is 33.1 Å². The van der Waals surface area contributed by atoms with Crippen LogP contribution in [-0.4, -0.2) is 17.5 Å². The number of carbonyl (C=O) groups is 3. The Kier molecular flexibility index (Phi) is 4.96. The fraction of sp³-hybridized carbons (Fsp3) is 0.667. The van der Waals surface area contributed by atoms with Gasteiger partial charge >= 0.3 is 0 Å². The molecule has 0 saturated carbocycles. The monoisotopic (exact) mass is 185 g/mol. The van der Waals surface area contributed by atoms with Crippen LogP contribution in [0.4, 0.5) is 0 Å². The van der Waals surface area contributed by atoms with E-state index in [1.165, 1.54) is 13.8 Å². The average Bonchev–Trinajstić information content (AvgIpc) is 1.95. The molecule has 0 aromatic heterocycles. The topological polar surface area (TPSA) is 74.3 Å². The van der Waals surface area contributed by atoms with Gasteiger partial charge in [-0.2, -0.15) is 0 Å². The Balaban J connectivity index is 3.91. The van der Waals surface area contributed by atoms with Crippen molar-refractivity contribution in [2.24, 2.45) is 5.92 Å². The summed E-state index contributed by atoms with van der Waals surface area (Å²) < 4.78 is 0. The van der Waals surface area contributed by atoms with Crippen LogP contribution < -0.4 is 5.11 Å². The summed E-state index contributed by atoms with van der Waals surface area (Å²) in [4.78, 5) is 31.8. The highest BCUT2D eigenvalue weighted by molar-refractivity contribution is 6.00. The Bertz CT molecular complexity index is 206. The molecular weight excluding hydrogens is 172 g/mol. The van der Waals surface area contributed by atoms with Crippen molar-refractivity contribution in [2.45, 2.75) is 33.1 Å². The zero-order valence-electron chi connectivity index (χ0n) is 7.83. The number of carboxylic acid groups (broad SMARTS) is 1. The molecule has 0 rings (SSSR count). The second-order valence-corrected chi connectivity index (χ2v) is 3.04. The van der Waals surface area contributed by atoms with Crippen LogP contribution in [0.1, 0.15) is 33.1 Å². The standard InChI is InChI=1S/C9H14O4/c1-6(10)8(7(2)11)4-3-5-9(12)13/h8H,3-5H2,1-2H3,(H,12,13)/p-1. The van der Waals surface area contributed by atoms with Gasteiger partial charge in [-0.25, -0.2) is 0 Å². The molecule has 0 radical (unpaired) electrons. The van der Waals surface area contributed by atoms with Crippen LogP contribution in [0.25, 0.3) is 0 Å². The fourth-order valence-electron chi connectivity index (χ4n) is 1.14. The van der Waals surface area contributed by atoms with Crippen molar-refractivity contribution in [3.8, 4) is 0 Å². The second-order valence-electron chi connectivity index (χ2n) is 3.04. The minimum Gasteiger partial charge on any atom is -0.550 e. The summed E-state index contributed by atoms with van der Waals surface area (Å²) in [6.07, 6.45) is 0.516. The first-order valence-electron chi connectivity index (χ1n) is 4.16. The SMILES string of the molecule is CC(=O)C(CCCC(=O)[O-])C(C)=O. The van der Waals surface area contributed by atoms with E-state index in [-0.39, 0.29) is 18.0 Å². The lowest BCUT2D eigenvalue weighted by Crippen LogP contribution is -2.23. The summed E-state index contributed by atoms with van der Waals surface area (Å²) in [5.74, 6) is -2.19. The molecule has 0 aliphatic rings. The van der Waals surface area contributed by atoms with E-state index >= 15 is 0 Å². The van der Waals surface area contributed by atoms with Crippen molar-refractivity contribution in [3.63, 3.8) is 0 Å². The van der Waals surface area contributed by atoms with Crippen LogP contribution in [-0.2, 0) is 14.4 Å². The Hall–Kier alpha value is -1.19. The summed E-state index contributed by atoms with van der Waals surface area (Å²) in [6, 6.07) is 0. The minimum absolute atomic E-state index is 0.100. The number of rotatable bonds is 6. The predicted molar refractivity (Wildman–Crippen MR) is 43.7 cm³/mol. The van der Waals surface area contributed by atoms with Gasteiger partial charge in [0.15, 0.2) is 0 Å². The number of Topliss-reactive ketones (excluding diaryl/α,β-unsaturated/α-hetero) is 2. The van der Waals surface area contributed by atoms with Gasteiger partial charge < -0.3 is 9.90 Å². The fourth-order valence-corrected chi connectivity index (χ4v) is 1.14. The summed E-state index contributed by atoms with van der Waals surface area (Å²) in [5, 5.41) is 10.0. The van der Waals surface area contributed by atoms with Crippen molar-refractivity contribution >= 4 is 17.5 Å². The van der Waals surface area contributed by atoms with Crippen LogP contribution in [0.3, 0.4) is 0 Å². The van der Waals surface area contributed by atoms with E-state index < -0.39 is 11.9 Å². The van der Waals surface area contributed by atoms with E-state index in [2.05, 4.69) is 0 Å². The first-order chi connectivity index (χ1) is 5.95. The molecule has 0 aromatic carbocycles. The molecule has 0 aliphatic carbocycles. The Morgan fingerprint density at radius 2 is 1.62 bits per heavy atom. The van der Waals surface area contributed by atoms with Crippen LogP contribution >= 0.6 is 0 Å². The molecule has 4 heteroatoms. The highest BCUT2D eigenvalue weighted by Gasteiger charge is 2.18. The van der Waals surface area contributed by atoms with E-state index in [0.717, 1.165) is 0 Å². The maximum Gasteiger partial charge on any atom is 0.140 e. The molecule has 0 heterocycles. The van der Waals surface area contributed by atoms with E-state index in [1.54, 1.807) is 0 Å². The smallest absolute Gasteiger partial charge is 0.140 e. The quantitative estimate of drug-likeness (QED) is 0.532. The number of carbonyl (C=O) groups excluding carboxylic acids is 3. The summed E-state index contributed by atoms with van der Waals surface area (Å²) >= 11 is 0. The summed E-state index contributed by atoms with van der Waals surface area (Å²) in [6.45, 7) is 2.68. The van der Waals surface area contributed by atoms with Crippen molar-refractivity contribution < 1.29 is 19.5 Å². The van der Waals surface area contributed by atoms with Crippen molar-refractivity contribution in [2.75, 3.05) is 0 Å². The van der Waals surface area contributed by atoms with Gasteiger partial charge in [0.05, 0.1) is 5.92 Å². The molecule has 0 atom stereocenters. The van der Waals surface area contributed by atoms with E-state index in [1.807, 2.05) is 0 Å². The summed E-state index contributed by atoms with van der Waals surface area (Å²) in [5.41, 5.74) is 0. The highest BCUT2D eigenvalue weighted by atomic mass is 16.4. The van der Waals surface area contributed by atoms with Gasteiger partial charge in [-0.15, -0.1) is 0 Å². The number of hydrogen-bond donors (Lipinski definition) is 0. The molecular formula is C9H13O4-. The lowest BCUT2D eigenvalue weighted by atomic mass is 9.94. The van der Waals surface area contributed by atoms with Crippen LogP contribution in [0.2, 0.25) is 0 Å². The van der Waals surface area contributed by atoms with Crippen molar-refractivity contribution in [1.82, 2.24) is 0 Å². The maximum atomic E-state index is 10.9. The Morgan fingerprint density at radius 3 is 1.92 bits per heavy atom. The second kappa shape index (κ2) is 5.45. The van der Waals surface area contributed by atoms with E-state index in [0.29, 0.717) is 12.8 Å². The first-order valence-corrected chi connectivity index (χ1v) is 4.16. The van der Waals surface area contributed by atoms with E-state index in [4.69, 9.17) is 0 Å². The van der Waals surface area contributed by atoms with Crippen LogP contribution in [0.5, 0.6) is 0 Å². The van der Waals surface area contributed by atoms with Gasteiger partial charge in [-0.3, -0.25) is 9.59 Å². The highest BCUT2D eigenvalue weighted by Crippen LogP contribution is 2.10. The van der Waals surface area contributed by atoms with Gasteiger partial charge in [0.1, 0.15) is 11.6 Å². The van der Waals surface area contributed by atoms with Crippen LogP contribution in [0, 0.1) is 5.92 Å². The third-order valence-corrected chi connectivity index (χ3v) is 1.86. The molecule has 0 saturated heterocycles. The summed E-state index contributed by atoms with van der Waals surface area (Å²) in [7, 11) is 0. The first kappa shape index (κ1) is 11.8. The predicted octanol–water partition coefficient (Wildman–Crippen LogP) is -0.299. The molecule has 0 spiro atoms. The molecule has 0 bridgehead atoms. The van der Waals surface area contributed by atoms with Crippen molar-refractivity contribution in [3.05, 3.63) is 0 Å². The van der Waals surface area contributed by atoms with Gasteiger partial charge in [0, 0.05) is 5.97 Å². The van der Waals surface area contributed by atoms with Crippen LogP contribution in [0.15, 0.2) is 0 Å². The number of aliphatic carboxylic acids is 1. The molecule has 0 aliphatic heterocycles. The zero-order chi connectivity index (χ0) is 10.4. The van der Waals surface area contributed by atoms with E-state index in [9.17, 15) is 19.5 Å². The lowest BCUT2D eigenvalue weighted by molar-refractivity contribution is -0.305. The number of ketones is 2. The normalized spacial score (nSPS) is 10.1. The van der Waals surface area contributed by atoms with Gasteiger partial charge in [0.25, 0.3) is 0 Å². The minimum atomic E-state index is -1.15. The third-order valence-electron chi connectivity index (χ3n) is 1.86. The maximum absolute atomic E-state index is 10.9. The van der Waals surface area contributed by atoms with Crippen molar-refractivity contribution in [1.29, 1.82) is 0 Å².